The standard InChI is InChI=1S/C9H15N5O/c1-14-12-8(11-13-14)6-7(15)9(10)4-2-3-5-9/h2-6,10H2,1H3. The molecule has 1 saturated carbocycles. The molecule has 82 valence electrons. The lowest BCUT2D eigenvalue weighted by Gasteiger charge is -2.20. The normalized spacial score (nSPS) is 19.3. The lowest BCUT2D eigenvalue weighted by molar-refractivity contribution is -0.123. The predicted molar refractivity (Wildman–Crippen MR) is 52.9 cm³/mol. The number of nitrogens with two attached hydrogens (primary N) is 1. The van der Waals surface area contributed by atoms with Crippen molar-refractivity contribution >= 4 is 5.78 Å². The fraction of sp³-hybridized carbons (Fsp3) is 0.778. The molecular formula is C9H15N5O. The number of nitrogens with zero attached hydrogens (tertiary/aromatic N) is 4. The van der Waals surface area contributed by atoms with Crippen molar-refractivity contribution in [1.82, 2.24) is 20.2 Å². The highest BCUT2D eigenvalue weighted by molar-refractivity contribution is 5.89. The number of aryl methyl sites for hydroxylation is 1. The summed E-state index contributed by atoms with van der Waals surface area (Å²) in [4.78, 5) is 13.3. The number of hydrogen-bond donors (Lipinski definition) is 1. The van der Waals surface area contributed by atoms with Crippen molar-refractivity contribution in [2.45, 2.75) is 37.6 Å². The Bertz CT molecular complexity index is 366. The molecule has 1 aliphatic carbocycles. The van der Waals surface area contributed by atoms with Gasteiger partial charge in [-0.15, -0.1) is 10.2 Å². The van der Waals surface area contributed by atoms with Gasteiger partial charge in [-0.25, -0.2) is 0 Å². The van der Waals surface area contributed by atoms with Gasteiger partial charge >= 0.3 is 0 Å². The Morgan fingerprint density at radius 2 is 2.20 bits per heavy atom. The zero-order valence-electron chi connectivity index (χ0n) is 8.81. The molecule has 1 aromatic rings. The van der Waals surface area contributed by atoms with Gasteiger partial charge in [-0.1, -0.05) is 12.8 Å². The van der Waals surface area contributed by atoms with Crippen molar-refractivity contribution in [3.63, 3.8) is 0 Å². The summed E-state index contributed by atoms with van der Waals surface area (Å²) < 4.78 is 0. The van der Waals surface area contributed by atoms with Crippen LogP contribution in [-0.4, -0.2) is 31.5 Å². The van der Waals surface area contributed by atoms with Crippen molar-refractivity contribution in [2.75, 3.05) is 0 Å². The van der Waals surface area contributed by atoms with Crippen LogP contribution in [-0.2, 0) is 18.3 Å². The zero-order valence-corrected chi connectivity index (χ0v) is 8.81. The number of Topliss-reactive ketones (excluding diaryl/α,β-unsaturated/α-hetero) is 1. The Morgan fingerprint density at radius 3 is 2.73 bits per heavy atom. The van der Waals surface area contributed by atoms with Crippen molar-refractivity contribution in [3.8, 4) is 0 Å². The number of carbonyl (C=O) groups excluding carboxylic acids is 1. The topological polar surface area (TPSA) is 86.7 Å². The van der Waals surface area contributed by atoms with E-state index in [0.717, 1.165) is 25.7 Å². The molecular weight excluding hydrogens is 194 g/mol. The molecule has 2 rings (SSSR count). The highest BCUT2D eigenvalue weighted by Crippen LogP contribution is 2.28. The number of tetrazole rings is 1. The third-order valence-electron chi connectivity index (χ3n) is 2.92. The summed E-state index contributed by atoms with van der Waals surface area (Å²) in [6.45, 7) is 0. The summed E-state index contributed by atoms with van der Waals surface area (Å²) in [6.07, 6.45) is 3.84. The van der Waals surface area contributed by atoms with Crippen LogP contribution in [0.3, 0.4) is 0 Å². The fourth-order valence-electron chi connectivity index (χ4n) is 2.00. The van der Waals surface area contributed by atoms with E-state index in [1.54, 1.807) is 7.05 Å². The maximum absolute atomic E-state index is 11.9. The first-order valence-electron chi connectivity index (χ1n) is 5.15. The molecule has 0 atom stereocenters. The van der Waals surface area contributed by atoms with Crippen LogP contribution in [0.5, 0.6) is 0 Å². The van der Waals surface area contributed by atoms with Gasteiger partial charge in [0.25, 0.3) is 0 Å². The summed E-state index contributed by atoms with van der Waals surface area (Å²) >= 11 is 0. The van der Waals surface area contributed by atoms with E-state index in [4.69, 9.17) is 5.73 Å². The van der Waals surface area contributed by atoms with Crippen LogP contribution >= 0.6 is 0 Å². The van der Waals surface area contributed by atoms with Gasteiger partial charge in [0.15, 0.2) is 11.6 Å². The Hall–Kier alpha value is -1.30. The van der Waals surface area contributed by atoms with Gasteiger partial charge < -0.3 is 5.73 Å². The highest BCUT2D eigenvalue weighted by Gasteiger charge is 2.36. The first kappa shape index (κ1) is 10.2. The quantitative estimate of drug-likeness (QED) is 0.731. The number of aromatic nitrogens is 4. The van der Waals surface area contributed by atoms with Crippen LogP contribution in [0.4, 0.5) is 0 Å². The predicted octanol–water partition coefficient (Wildman–Crippen LogP) is -0.407. The van der Waals surface area contributed by atoms with E-state index in [2.05, 4.69) is 15.4 Å². The van der Waals surface area contributed by atoms with Gasteiger partial charge in [0, 0.05) is 0 Å². The monoisotopic (exact) mass is 209 g/mol. The molecule has 0 saturated heterocycles. The molecule has 0 spiro atoms. The third-order valence-corrected chi connectivity index (χ3v) is 2.92. The van der Waals surface area contributed by atoms with Gasteiger partial charge in [0.1, 0.15) is 0 Å². The van der Waals surface area contributed by atoms with Crippen LogP contribution in [0.15, 0.2) is 0 Å². The Balaban J connectivity index is 2.03. The summed E-state index contributed by atoms with van der Waals surface area (Å²) in [5.41, 5.74) is 5.39. The Kier molecular flexibility index (Phi) is 2.52. The summed E-state index contributed by atoms with van der Waals surface area (Å²) in [5, 5.41) is 11.4. The van der Waals surface area contributed by atoms with Crippen LogP contribution in [0.2, 0.25) is 0 Å². The summed E-state index contributed by atoms with van der Waals surface area (Å²) in [5.74, 6) is 0.493. The van der Waals surface area contributed by atoms with Crippen LogP contribution in [0.1, 0.15) is 31.5 Å². The number of ketones is 1. The van der Waals surface area contributed by atoms with Crippen LogP contribution < -0.4 is 5.73 Å². The minimum absolute atomic E-state index is 0.0352. The maximum atomic E-state index is 11.9. The molecule has 1 aromatic heterocycles. The molecule has 6 nitrogen and oxygen atoms in total. The van der Waals surface area contributed by atoms with E-state index in [-0.39, 0.29) is 12.2 Å². The molecule has 2 N–H and O–H groups in total. The Labute approximate surface area is 87.8 Å². The molecule has 0 amide bonds. The van der Waals surface area contributed by atoms with E-state index in [9.17, 15) is 4.79 Å². The fourth-order valence-corrected chi connectivity index (χ4v) is 2.00. The second kappa shape index (κ2) is 3.69. The van der Waals surface area contributed by atoms with Gasteiger partial charge in [0.2, 0.25) is 0 Å². The lowest BCUT2D eigenvalue weighted by atomic mass is 9.91. The second-order valence-corrected chi connectivity index (χ2v) is 4.16. The van der Waals surface area contributed by atoms with Crippen molar-refractivity contribution in [3.05, 3.63) is 5.82 Å². The average Bonchev–Trinajstić information content (AvgIpc) is 2.76. The minimum Gasteiger partial charge on any atom is -0.319 e. The Morgan fingerprint density at radius 1 is 1.53 bits per heavy atom. The number of hydrogen-bond acceptors (Lipinski definition) is 5. The summed E-state index contributed by atoms with van der Waals surface area (Å²) in [7, 11) is 1.68. The first-order chi connectivity index (χ1) is 7.10. The van der Waals surface area contributed by atoms with E-state index >= 15 is 0 Å². The van der Waals surface area contributed by atoms with Crippen LogP contribution in [0, 0.1) is 0 Å². The summed E-state index contributed by atoms with van der Waals surface area (Å²) in [6, 6.07) is 0. The van der Waals surface area contributed by atoms with Crippen molar-refractivity contribution < 1.29 is 4.79 Å². The molecule has 0 aliphatic heterocycles. The van der Waals surface area contributed by atoms with Crippen LogP contribution in [0.25, 0.3) is 0 Å². The van der Waals surface area contributed by atoms with Gasteiger partial charge in [-0.3, -0.25) is 4.79 Å². The molecule has 1 heterocycles. The second-order valence-electron chi connectivity index (χ2n) is 4.16. The molecule has 15 heavy (non-hydrogen) atoms. The van der Waals surface area contributed by atoms with E-state index in [1.807, 2.05) is 0 Å². The SMILES string of the molecule is Cn1nnc(CC(=O)C2(N)CCCC2)n1. The van der Waals surface area contributed by atoms with E-state index in [1.165, 1.54) is 4.80 Å². The van der Waals surface area contributed by atoms with Gasteiger partial charge in [0.05, 0.1) is 19.0 Å². The van der Waals surface area contributed by atoms with Crippen molar-refractivity contribution in [1.29, 1.82) is 0 Å². The first-order valence-corrected chi connectivity index (χ1v) is 5.15. The van der Waals surface area contributed by atoms with Gasteiger partial charge in [-0.05, 0) is 18.1 Å². The lowest BCUT2D eigenvalue weighted by Crippen LogP contribution is -2.46. The van der Waals surface area contributed by atoms with E-state index in [0.29, 0.717) is 5.82 Å². The molecule has 0 aromatic carbocycles. The largest absolute Gasteiger partial charge is 0.319 e. The maximum Gasteiger partial charge on any atom is 0.182 e. The average molecular weight is 209 g/mol. The smallest absolute Gasteiger partial charge is 0.182 e. The molecule has 0 unspecified atom stereocenters. The third kappa shape index (κ3) is 2.04. The number of rotatable bonds is 3. The highest BCUT2D eigenvalue weighted by atomic mass is 16.1. The minimum atomic E-state index is -0.640. The number of carbonyl (C=O) groups is 1. The molecule has 1 aliphatic rings. The molecule has 0 radical (unpaired) electrons. The van der Waals surface area contributed by atoms with Crippen molar-refractivity contribution in [2.24, 2.45) is 12.8 Å². The molecule has 6 heteroatoms. The zero-order chi connectivity index (χ0) is 10.9. The van der Waals surface area contributed by atoms with E-state index < -0.39 is 5.54 Å². The molecule has 0 bridgehead atoms. The molecule has 1 fully saturated rings. The van der Waals surface area contributed by atoms with Gasteiger partial charge in [-0.2, -0.15) is 4.80 Å².